The first-order valence-electron chi connectivity index (χ1n) is 7.39. The highest BCUT2D eigenvalue weighted by Crippen LogP contribution is 2.15. The van der Waals surface area contributed by atoms with Crippen LogP contribution in [0.2, 0.25) is 0 Å². The van der Waals surface area contributed by atoms with E-state index in [-0.39, 0.29) is 5.91 Å². The summed E-state index contributed by atoms with van der Waals surface area (Å²) in [5.74, 6) is 0.182. The average Bonchev–Trinajstić information content (AvgIpc) is 2.99. The number of likely N-dealkylation sites (tertiary alicyclic amines) is 1. The van der Waals surface area contributed by atoms with Crippen LogP contribution in [0.4, 0.5) is 0 Å². The summed E-state index contributed by atoms with van der Waals surface area (Å²) in [4.78, 5) is 24.6. The van der Waals surface area contributed by atoms with E-state index in [0.29, 0.717) is 19.0 Å². The van der Waals surface area contributed by atoms with Gasteiger partial charge in [-0.2, -0.15) is 0 Å². The van der Waals surface area contributed by atoms with Crippen molar-refractivity contribution in [2.24, 2.45) is 0 Å². The van der Waals surface area contributed by atoms with Gasteiger partial charge in [-0.05, 0) is 39.3 Å². The first-order chi connectivity index (χ1) is 9.66. The monoisotopic (exact) mass is 276 g/mol. The van der Waals surface area contributed by atoms with Gasteiger partial charge in [-0.1, -0.05) is 0 Å². The van der Waals surface area contributed by atoms with E-state index in [1.807, 2.05) is 7.05 Å². The molecule has 0 spiro atoms. The second kappa shape index (κ2) is 7.33. The predicted molar refractivity (Wildman–Crippen MR) is 78.0 cm³/mol. The highest BCUT2D eigenvalue weighted by molar-refractivity contribution is 5.75. The summed E-state index contributed by atoms with van der Waals surface area (Å²) in [7, 11) is 1.83. The first kappa shape index (κ1) is 14.9. The second-order valence-corrected chi connectivity index (χ2v) is 5.58. The van der Waals surface area contributed by atoms with Crippen molar-refractivity contribution >= 4 is 5.91 Å². The molecule has 1 fully saturated rings. The topological polar surface area (TPSA) is 49.3 Å². The molecule has 1 aliphatic rings. The number of aromatic nitrogens is 2. The summed E-state index contributed by atoms with van der Waals surface area (Å²) >= 11 is 0. The van der Waals surface area contributed by atoms with Crippen LogP contribution in [0.5, 0.6) is 0 Å². The van der Waals surface area contributed by atoms with Crippen molar-refractivity contribution in [3.8, 4) is 0 Å². The van der Waals surface area contributed by atoms with Gasteiger partial charge in [-0.15, -0.1) is 0 Å². The molecule has 0 aromatic carbocycles. The normalized spacial score (nSPS) is 17.1. The number of hydrogen-bond donors (Lipinski definition) is 0. The summed E-state index contributed by atoms with van der Waals surface area (Å²) in [5, 5.41) is 0. The number of rotatable bonds is 6. The standard InChI is InChI=1S/C15H24N4O/c1-13(19-9-3-4-10-19)5-6-15(20)18(2)12-14-11-16-7-8-17-14/h7-8,11,13H,3-6,9-10,12H2,1-2H3. The maximum absolute atomic E-state index is 12.1. The Bertz CT molecular complexity index is 417. The third-order valence-electron chi connectivity index (χ3n) is 3.98. The van der Waals surface area contributed by atoms with Crippen LogP contribution in [0.1, 0.15) is 38.3 Å². The lowest BCUT2D eigenvalue weighted by Gasteiger charge is -2.24. The van der Waals surface area contributed by atoms with Gasteiger partial charge in [0, 0.05) is 31.9 Å². The molecule has 5 nitrogen and oxygen atoms in total. The largest absolute Gasteiger partial charge is 0.340 e. The number of carbonyl (C=O) groups is 1. The summed E-state index contributed by atoms with van der Waals surface area (Å²) in [6.07, 6.45) is 9.14. The van der Waals surface area contributed by atoms with Crippen LogP contribution in [-0.4, -0.2) is 51.9 Å². The Kier molecular flexibility index (Phi) is 5.47. The Balaban J connectivity index is 1.73. The average molecular weight is 276 g/mol. The summed E-state index contributed by atoms with van der Waals surface area (Å²) in [5.41, 5.74) is 0.830. The summed E-state index contributed by atoms with van der Waals surface area (Å²) in [6.45, 7) is 5.13. The molecule has 1 atom stereocenters. The third-order valence-corrected chi connectivity index (χ3v) is 3.98. The fraction of sp³-hybridized carbons (Fsp3) is 0.667. The molecule has 1 saturated heterocycles. The van der Waals surface area contributed by atoms with E-state index in [0.717, 1.165) is 12.1 Å². The van der Waals surface area contributed by atoms with E-state index in [2.05, 4.69) is 21.8 Å². The van der Waals surface area contributed by atoms with Gasteiger partial charge in [0.2, 0.25) is 5.91 Å². The van der Waals surface area contributed by atoms with Crippen LogP contribution in [0, 0.1) is 0 Å². The Hall–Kier alpha value is -1.49. The molecule has 1 aliphatic heterocycles. The first-order valence-corrected chi connectivity index (χ1v) is 7.39. The summed E-state index contributed by atoms with van der Waals surface area (Å²) in [6, 6.07) is 0.506. The van der Waals surface area contributed by atoms with Gasteiger partial charge in [0.15, 0.2) is 0 Å². The predicted octanol–water partition coefficient (Wildman–Crippen LogP) is 1.70. The zero-order chi connectivity index (χ0) is 14.4. The number of nitrogens with zero attached hydrogens (tertiary/aromatic N) is 4. The molecule has 0 N–H and O–H groups in total. The fourth-order valence-corrected chi connectivity index (χ4v) is 2.63. The van der Waals surface area contributed by atoms with E-state index < -0.39 is 0 Å². The molecular formula is C15H24N4O. The van der Waals surface area contributed by atoms with Crippen molar-refractivity contribution in [2.45, 2.75) is 45.2 Å². The van der Waals surface area contributed by atoms with E-state index in [1.165, 1.54) is 25.9 Å². The van der Waals surface area contributed by atoms with E-state index >= 15 is 0 Å². The molecule has 2 rings (SSSR count). The Morgan fingerprint density at radius 2 is 2.15 bits per heavy atom. The number of carbonyl (C=O) groups excluding carboxylic acids is 1. The maximum Gasteiger partial charge on any atom is 0.222 e. The molecule has 110 valence electrons. The molecule has 20 heavy (non-hydrogen) atoms. The number of hydrogen-bond acceptors (Lipinski definition) is 4. The molecule has 1 amide bonds. The Morgan fingerprint density at radius 1 is 1.40 bits per heavy atom. The van der Waals surface area contributed by atoms with Gasteiger partial charge in [0.1, 0.15) is 0 Å². The molecule has 5 heteroatoms. The SMILES string of the molecule is CC(CCC(=O)N(C)Cc1cnccn1)N1CCCC1. The van der Waals surface area contributed by atoms with Crippen molar-refractivity contribution in [2.75, 3.05) is 20.1 Å². The minimum Gasteiger partial charge on any atom is -0.340 e. The van der Waals surface area contributed by atoms with Crippen LogP contribution >= 0.6 is 0 Å². The van der Waals surface area contributed by atoms with Crippen molar-refractivity contribution < 1.29 is 4.79 Å². The highest BCUT2D eigenvalue weighted by Gasteiger charge is 2.19. The quantitative estimate of drug-likeness (QED) is 0.793. The molecule has 0 bridgehead atoms. The lowest BCUT2D eigenvalue weighted by atomic mass is 10.1. The molecule has 1 aromatic heterocycles. The molecule has 0 saturated carbocycles. The summed E-state index contributed by atoms with van der Waals surface area (Å²) < 4.78 is 0. The minimum absolute atomic E-state index is 0.182. The van der Waals surface area contributed by atoms with Crippen molar-refractivity contribution in [1.29, 1.82) is 0 Å². The lowest BCUT2D eigenvalue weighted by Crippen LogP contribution is -2.32. The lowest BCUT2D eigenvalue weighted by molar-refractivity contribution is -0.130. The smallest absolute Gasteiger partial charge is 0.222 e. The second-order valence-electron chi connectivity index (χ2n) is 5.58. The highest BCUT2D eigenvalue weighted by atomic mass is 16.2. The van der Waals surface area contributed by atoms with Crippen molar-refractivity contribution in [3.05, 3.63) is 24.3 Å². The zero-order valence-electron chi connectivity index (χ0n) is 12.5. The van der Waals surface area contributed by atoms with Gasteiger partial charge in [0.25, 0.3) is 0 Å². The molecule has 1 unspecified atom stereocenters. The third kappa shape index (κ3) is 4.27. The molecule has 1 aromatic rings. The van der Waals surface area contributed by atoms with Gasteiger partial charge >= 0.3 is 0 Å². The van der Waals surface area contributed by atoms with E-state index in [4.69, 9.17) is 0 Å². The van der Waals surface area contributed by atoms with Crippen LogP contribution in [0.25, 0.3) is 0 Å². The van der Waals surface area contributed by atoms with Crippen molar-refractivity contribution in [1.82, 2.24) is 19.8 Å². The molecule has 0 aliphatic carbocycles. The Morgan fingerprint density at radius 3 is 2.80 bits per heavy atom. The van der Waals surface area contributed by atoms with Crippen LogP contribution in [0.3, 0.4) is 0 Å². The maximum atomic E-state index is 12.1. The van der Waals surface area contributed by atoms with Gasteiger partial charge in [0.05, 0.1) is 18.4 Å². The van der Waals surface area contributed by atoms with E-state index in [1.54, 1.807) is 23.5 Å². The van der Waals surface area contributed by atoms with Crippen LogP contribution < -0.4 is 0 Å². The molecule has 2 heterocycles. The molecular weight excluding hydrogens is 252 g/mol. The molecule has 0 radical (unpaired) electrons. The zero-order valence-corrected chi connectivity index (χ0v) is 12.5. The minimum atomic E-state index is 0.182. The van der Waals surface area contributed by atoms with Gasteiger partial charge < -0.3 is 9.80 Å². The fourth-order valence-electron chi connectivity index (χ4n) is 2.63. The van der Waals surface area contributed by atoms with Crippen LogP contribution in [0.15, 0.2) is 18.6 Å². The van der Waals surface area contributed by atoms with Crippen LogP contribution in [-0.2, 0) is 11.3 Å². The van der Waals surface area contributed by atoms with Gasteiger partial charge in [-0.3, -0.25) is 14.8 Å². The van der Waals surface area contributed by atoms with Crippen molar-refractivity contribution in [3.63, 3.8) is 0 Å². The van der Waals surface area contributed by atoms with E-state index in [9.17, 15) is 4.79 Å². The number of amides is 1. The van der Waals surface area contributed by atoms with Gasteiger partial charge in [-0.25, -0.2) is 0 Å². The Labute approximate surface area is 121 Å².